The number of nitro benzene ring substituents is 1. The van der Waals surface area contributed by atoms with Crippen LogP contribution in [-0.2, 0) is 0 Å². The summed E-state index contributed by atoms with van der Waals surface area (Å²) in [5.41, 5.74) is 0.421. The lowest BCUT2D eigenvalue weighted by Gasteiger charge is -2.20. The largest absolute Gasteiger partial charge is 0.496 e. The maximum absolute atomic E-state index is 10.9. The quantitative estimate of drug-likeness (QED) is 0.622. The number of nitro groups is 1. The molecule has 6 nitrogen and oxygen atoms in total. The molecule has 1 aromatic carbocycles. The predicted octanol–water partition coefficient (Wildman–Crippen LogP) is 1.42. The molecule has 1 N–H and O–H groups in total. The maximum Gasteiger partial charge on any atom is 0.296 e. The van der Waals surface area contributed by atoms with Gasteiger partial charge in [-0.2, -0.15) is 0 Å². The zero-order valence-corrected chi connectivity index (χ0v) is 10.1. The molecule has 0 saturated heterocycles. The van der Waals surface area contributed by atoms with Gasteiger partial charge in [0.1, 0.15) is 11.4 Å². The molecule has 0 radical (unpaired) electrons. The van der Waals surface area contributed by atoms with Crippen LogP contribution in [-0.4, -0.2) is 36.8 Å². The number of rotatable bonds is 5. The molecule has 17 heavy (non-hydrogen) atoms. The highest BCUT2D eigenvalue weighted by atomic mass is 16.6. The Morgan fingerprint density at radius 3 is 2.71 bits per heavy atom. The van der Waals surface area contributed by atoms with Crippen LogP contribution in [0.2, 0.25) is 0 Å². The van der Waals surface area contributed by atoms with Gasteiger partial charge >= 0.3 is 0 Å². The molecule has 0 aliphatic rings. The second-order valence-corrected chi connectivity index (χ2v) is 3.84. The average molecular weight is 240 g/mol. The zero-order valence-electron chi connectivity index (χ0n) is 10.1. The minimum atomic E-state index is -0.554. The van der Waals surface area contributed by atoms with Gasteiger partial charge < -0.3 is 14.7 Å². The molecule has 6 heteroatoms. The number of methoxy groups -OCH3 is 1. The van der Waals surface area contributed by atoms with E-state index in [0.29, 0.717) is 18.0 Å². The molecular formula is C11H16N2O4. The first-order valence-corrected chi connectivity index (χ1v) is 5.17. The summed E-state index contributed by atoms with van der Waals surface area (Å²) in [5, 5.41) is 20.2. The SMILES string of the molecule is COc1ccc(N(C)CC(C)O)c([N+](=O)[O-])c1. The van der Waals surface area contributed by atoms with Crippen LogP contribution in [0.3, 0.4) is 0 Å². The summed E-state index contributed by atoms with van der Waals surface area (Å²) < 4.78 is 4.95. The van der Waals surface area contributed by atoms with Crippen molar-refractivity contribution in [1.29, 1.82) is 0 Å². The van der Waals surface area contributed by atoms with E-state index in [-0.39, 0.29) is 5.69 Å². The standard InChI is InChI=1S/C11H16N2O4/c1-8(14)7-12(2)10-5-4-9(17-3)6-11(10)13(15)16/h4-6,8,14H,7H2,1-3H3. The molecule has 94 valence electrons. The average Bonchev–Trinajstić information content (AvgIpc) is 2.27. The highest BCUT2D eigenvalue weighted by Gasteiger charge is 2.18. The molecule has 0 amide bonds. The van der Waals surface area contributed by atoms with Crippen LogP contribution >= 0.6 is 0 Å². The van der Waals surface area contributed by atoms with E-state index in [2.05, 4.69) is 0 Å². The summed E-state index contributed by atoms with van der Waals surface area (Å²) in [6.45, 7) is 1.96. The number of benzene rings is 1. The minimum Gasteiger partial charge on any atom is -0.496 e. The van der Waals surface area contributed by atoms with Crippen LogP contribution in [0.5, 0.6) is 5.75 Å². The number of nitrogens with zero attached hydrogens (tertiary/aromatic N) is 2. The molecule has 1 aromatic rings. The number of aliphatic hydroxyl groups excluding tert-OH is 1. The molecule has 0 fully saturated rings. The van der Waals surface area contributed by atoms with E-state index in [4.69, 9.17) is 4.74 Å². The van der Waals surface area contributed by atoms with Crippen LogP contribution < -0.4 is 9.64 Å². The van der Waals surface area contributed by atoms with Gasteiger partial charge in [-0.05, 0) is 19.1 Å². The van der Waals surface area contributed by atoms with Crippen molar-refractivity contribution in [2.45, 2.75) is 13.0 Å². The van der Waals surface area contributed by atoms with E-state index in [1.165, 1.54) is 13.2 Å². The van der Waals surface area contributed by atoms with Gasteiger partial charge in [-0.1, -0.05) is 0 Å². The van der Waals surface area contributed by atoms with Crippen molar-refractivity contribution in [1.82, 2.24) is 0 Å². The molecule has 0 bridgehead atoms. The normalized spacial score (nSPS) is 12.0. The number of hydrogen-bond donors (Lipinski definition) is 1. The molecular weight excluding hydrogens is 224 g/mol. The third kappa shape index (κ3) is 3.32. The molecule has 0 heterocycles. The smallest absolute Gasteiger partial charge is 0.296 e. The Morgan fingerprint density at radius 2 is 2.24 bits per heavy atom. The monoisotopic (exact) mass is 240 g/mol. The predicted molar refractivity (Wildman–Crippen MR) is 64.6 cm³/mol. The summed E-state index contributed by atoms with van der Waals surface area (Å²) >= 11 is 0. The van der Waals surface area contributed by atoms with Crippen molar-refractivity contribution in [3.05, 3.63) is 28.3 Å². The van der Waals surface area contributed by atoms with Crippen molar-refractivity contribution >= 4 is 11.4 Å². The van der Waals surface area contributed by atoms with Gasteiger partial charge in [-0.25, -0.2) is 0 Å². The number of likely N-dealkylation sites (N-methyl/N-ethyl adjacent to an activating group) is 1. The topological polar surface area (TPSA) is 75.8 Å². The molecule has 0 aromatic heterocycles. The van der Waals surface area contributed by atoms with E-state index in [9.17, 15) is 15.2 Å². The van der Waals surface area contributed by atoms with E-state index in [1.54, 1.807) is 31.0 Å². The first kappa shape index (κ1) is 13.2. The lowest BCUT2D eigenvalue weighted by atomic mass is 10.2. The molecule has 0 spiro atoms. The third-order valence-corrected chi connectivity index (χ3v) is 2.33. The lowest BCUT2D eigenvalue weighted by molar-refractivity contribution is -0.384. The van der Waals surface area contributed by atoms with Crippen molar-refractivity contribution < 1.29 is 14.8 Å². The number of anilines is 1. The van der Waals surface area contributed by atoms with Gasteiger partial charge in [0.25, 0.3) is 5.69 Å². The van der Waals surface area contributed by atoms with Crippen molar-refractivity contribution in [3.63, 3.8) is 0 Å². The van der Waals surface area contributed by atoms with Crippen molar-refractivity contribution in [2.24, 2.45) is 0 Å². The second kappa shape index (κ2) is 5.49. The van der Waals surface area contributed by atoms with Crippen LogP contribution in [0.25, 0.3) is 0 Å². The van der Waals surface area contributed by atoms with Crippen LogP contribution in [0, 0.1) is 10.1 Å². The van der Waals surface area contributed by atoms with Crippen molar-refractivity contribution in [3.8, 4) is 5.75 Å². The van der Waals surface area contributed by atoms with Gasteiger partial charge in [0.15, 0.2) is 0 Å². The summed E-state index contributed by atoms with van der Waals surface area (Å²) in [6.07, 6.45) is -0.554. The van der Waals surface area contributed by atoms with Gasteiger partial charge in [0, 0.05) is 13.6 Å². The first-order valence-electron chi connectivity index (χ1n) is 5.17. The van der Waals surface area contributed by atoms with Crippen LogP contribution in [0.1, 0.15) is 6.92 Å². The molecule has 0 aliphatic carbocycles. The Balaban J connectivity index is 3.09. The number of hydrogen-bond acceptors (Lipinski definition) is 5. The highest BCUT2D eigenvalue weighted by Crippen LogP contribution is 2.31. The van der Waals surface area contributed by atoms with E-state index < -0.39 is 11.0 Å². The molecule has 0 saturated carbocycles. The van der Waals surface area contributed by atoms with Gasteiger partial charge in [-0.15, -0.1) is 0 Å². The summed E-state index contributed by atoms with van der Waals surface area (Å²) in [7, 11) is 3.15. The van der Waals surface area contributed by atoms with Gasteiger partial charge in [0.2, 0.25) is 0 Å². The first-order chi connectivity index (χ1) is 7.95. The highest BCUT2D eigenvalue weighted by molar-refractivity contribution is 5.65. The number of ether oxygens (including phenoxy) is 1. The summed E-state index contributed by atoms with van der Waals surface area (Å²) in [4.78, 5) is 12.1. The third-order valence-electron chi connectivity index (χ3n) is 2.33. The molecule has 1 unspecified atom stereocenters. The number of aliphatic hydroxyl groups is 1. The van der Waals surface area contributed by atoms with Crippen LogP contribution in [0.4, 0.5) is 11.4 Å². The molecule has 0 aliphatic heterocycles. The molecule has 1 atom stereocenters. The minimum absolute atomic E-state index is 0.0347. The Hall–Kier alpha value is -1.82. The Bertz CT molecular complexity index is 406. The zero-order chi connectivity index (χ0) is 13.0. The lowest BCUT2D eigenvalue weighted by Crippen LogP contribution is -2.27. The van der Waals surface area contributed by atoms with E-state index in [1.807, 2.05) is 0 Å². The fourth-order valence-electron chi connectivity index (χ4n) is 1.59. The van der Waals surface area contributed by atoms with E-state index in [0.717, 1.165) is 0 Å². The maximum atomic E-state index is 10.9. The summed E-state index contributed by atoms with van der Waals surface area (Å²) in [5.74, 6) is 0.436. The Morgan fingerprint density at radius 1 is 1.59 bits per heavy atom. The van der Waals surface area contributed by atoms with Gasteiger partial charge in [-0.3, -0.25) is 10.1 Å². The fourth-order valence-corrected chi connectivity index (χ4v) is 1.59. The Kier molecular flexibility index (Phi) is 4.28. The fraction of sp³-hybridized carbons (Fsp3) is 0.455. The van der Waals surface area contributed by atoms with E-state index >= 15 is 0 Å². The Labute approximate surface area is 99.6 Å². The van der Waals surface area contributed by atoms with Crippen molar-refractivity contribution in [2.75, 3.05) is 25.6 Å². The van der Waals surface area contributed by atoms with Crippen LogP contribution in [0.15, 0.2) is 18.2 Å². The van der Waals surface area contributed by atoms with Gasteiger partial charge in [0.05, 0.1) is 24.2 Å². The second-order valence-electron chi connectivity index (χ2n) is 3.84. The summed E-state index contributed by atoms with van der Waals surface area (Å²) in [6, 6.07) is 4.63. The molecule has 1 rings (SSSR count).